The van der Waals surface area contributed by atoms with E-state index in [-0.39, 0.29) is 0 Å². The van der Waals surface area contributed by atoms with Gasteiger partial charge in [0.15, 0.2) is 11.5 Å². The number of anilines is 1. The van der Waals surface area contributed by atoms with Gasteiger partial charge in [-0.05, 0) is 12.8 Å². The molecule has 0 amide bonds. The molecule has 4 nitrogen and oxygen atoms in total. The normalized spacial score (nSPS) is 14.2. The number of ether oxygens (including phenoxy) is 3. The Morgan fingerprint density at radius 1 is 1.06 bits per heavy atom. The first kappa shape index (κ1) is 11.9. The molecule has 1 aromatic rings. The van der Waals surface area contributed by atoms with Gasteiger partial charge in [0.1, 0.15) is 0 Å². The van der Waals surface area contributed by atoms with E-state index in [1.807, 2.05) is 6.07 Å². The van der Waals surface area contributed by atoms with E-state index in [9.17, 15) is 0 Å². The van der Waals surface area contributed by atoms with E-state index in [0.717, 1.165) is 30.9 Å². The van der Waals surface area contributed by atoms with Gasteiger partial charge in [0.05, 0.1) is 21.3 Å². The third-order valence-electron chi connectivity index (χ3n) is 3.24. The number of rotatable bonds is 3. The van der Waals surface area contributed by atoms with Crippen molar-refractivity contribution in [1.29, 1.82) is 0 Å². The molecule has 17 heavy (non-hydrogen) atoms. The highest BCUT2D eigenvalue weighted by Crippen LogP contribution is 2.46. The number of fused-ring (bicyclic) bond motifs is 1. The topological polar surface area (TPSA) is 30.9 Å². The predicted molar refractivity (Wildman–Crippen MR) is 67.7 cm³/mol. The quantitative estimate of drug-likeness (QED) is 0.805. The highest BCUT2D eigenvalue weighted by atomic mass is 16.5. The molecule has 0 fully saturated rings. The fraction of sp³-hybridized carbons (Fsp3) is 0.538. The molecule has 0 bridgehead atoms. The van der Waals surface area contributed by atoms with Crippen molar-refractivity contribution in [3.63, 3.8) is 0 Å². The first-order valence-electron chi connectivity index (χ1n) is 5.76. The number of hydrogen-bond acceptors (Lipinski definition) is 4. The van der Waals surface area contributed by atoms with Crippen LogP contribution < -0.4 is 19.1 Å². The second-order valence-electron chi connectivity index (χ2n) is 4.17. The number of methoxy groups -OCH3 is 3. The number of benzene rings is 1. The molecule has 1 aliphatic heterocycles. The minimum Gasteiger partial charge on any atom is -0.493 e. The smallest absolute Gasteiger partial charge is 0.203 e. The van der Waals surface area contributed by atoms with Crippen LogP contribution in [0.2, 0.25) is 0 Å². The van der Waals surface area contributed by atoms with Gasteiger partial charge in [0.25, 0.3) is 0 Å². The number of hydrogen-bond donors (Lipinski definition) is 0. The van der Waals surface area contributed by atoms with Crippen LogP contribution in [-0.2, 0) is 6.42 Å². The van der Waals surface area contributed by atoms with Crippen molar-refractivity contribution in [2.75, 3.05) is 39.8 Å². The van der Waals surface area contributed by atoms with Crippen LogP contribution in [-0.4, -0.2) is 34.9 Å². The Morgan fingerprint density at radius 3 is 2.35 bits per heavy atom. The van der Waals surface area contributed by atoms with Gasteiger partial charge in [-0.15, -0.1) is 0 Å². The maximum atomic E-state index is 5.49. The highest BCUT2D eigenvalue weighted by molar-refractivity contribution is 5.70. The first-order chi connectivity index (χ1) is 8.22. The molecule has 0 radical (unpaired) electrons. The van der Waals surface area contributed by atoms with Gasteiger partial charge in [-0.2, -0.15) is 0 Å². The van der Waals surface area contributed by atoms with Gasteiger partial charge in [-0.1, -0.05) is 0 Å². The third-order valence-corrected chi connectivity index (χ3v) is 3.24. The third kappa shape index (κ3) is 1.88. The Bertz CT molecular complexity index is 418. The molecule has 94 valence electrons. The Labute approximate surface area is 102 Å². The molecule has 1 aromatic carbocycles. The Kier molecular flexibility index (Phi) is 3.31. The van der Waals surface area contributed by atoms with Gasteiger partial charge in [0.2, 0.25) is 5.75 Å². The highest BCUT2D eigenvalue weighted by Gasteiger charge is 2.24. The van der Waals surface area contributed by atoms with E-state index in [4.69, 9.17) is 14.2 Å². The predicted octanol–water partition coefficient (Wildman–Crippen LogP) is 2.09. The van der Waals surface area contributed by atoms with E-state index in [2.05, 4.69) is 11.9 Å². The van der Waals surface area contributed by atoms with Crippen molar-refractivity contribution in [2.45, 2.75) is 12.8 Å². The van der Waals surface area contributed by atoms with Crippen molar-refractivity contribution in [2.24, 2.45) is 0 Å². The minimum absolute atomic E-state index is 0.684. The molecule has 0 aliphatic carbocycles. The SMILES string of the molecule is COc1cc2c(c(OC)c1OC)CCCN2C. The molecule has 1 heterocycles. The summed E-state index contributed by atoms with van der Waals surface area (Å²) in [7, 11) is 7.04. The lowest BCUT2D eigenvalue weighted by atomic mass is 10.00. The lowest BCUT2D eigenvalue weighted by molar-refractivity contribution is 0.321. The monoisotopic (exact) mass is 237 g/mol. The van der Waals surface area contributed by atoms with Crippen LogP contribution in [0.15, 0.2) is 6.07 Å². The Morgan fingerprint density at radius 2 is 1.76 bits per heavy atom. The summed E-state index contributed by atoms with van der Waals surface area (Å²) in [5.41, 5.74) is 2.38. The van der Waals surface area contributed by atoms with Crippen molar-refractivity contribution in [3.05, 3.63) is 11.6 Å². The van der Waals surface area contributed by atoms with Crippen LogP contribution in [0.1, 0.15) is 12.0 Å². The summed E-state index contributed by atoms with van der Waals surface area (Å²) < 4.78 is 16.2. The molecular formula is C13H19NO3. The second kappa shape index (κ2) is 4.73. The number of nitrogens with zero attached hydrogens (tertiary/aromatic N) is 1. The Balaban J connectivity index is 2.64. The summed E-state index contributed by atoms with van der Waals surface area (Å²) in [6.07, 6.45) is 2.15. The molecule has 0 atom stereocenters. The summed E-state index contributed by atoms with van der Waals surface area (Å²) in [5.74, 6) is 2.20. The summed E-state index contributed by atoms with van der Waals surface area (Å²) in [5, 5.41) is 0. The van der Waals surface area contributed by atoms with Crippen molar-refractivity contribution in [1.82, 2.24) is 0 Å². The average Bonchev–Trinajstić information content (AvgIpc) is 2.36. The van der Waals surface area contributed by atoms with Gasteiger partial charge in [-0.3, -0.25) is 0 Å². The van der Waals surface area contributed by atoms with Crippen LogP contribution in [0.25, 0.3) is 0 Å². The average molecular weight is 237 g/mol. The molecule has 0 saturated carbocycles. The first-order valence-corrected chi connectivity index (χ1v) is 5.76. The van der Waals surface area contributed by atoms with Crippen molar-refractivity contribution < 1.29 is 14.2 Å². The maximum Gasteiger partial charge on any atom is 0.203 e. The second-order valence-corrected chi connectivity index (χ2v) is 4.17. The van der Waals surface area contributed by atoms with Crippen LogP contribution in [0.3, 0.4) is 0 Å². The molecule has 4 heteroatoms. The van der Waals surface area contributed by atoms with Crippen LogP contribution in [0, 0.1) is 0 Å². The molecule has 0 unspecified atom stereocenters. The summed E-state index contributed by atoms with van der Waals surface area (Å²) in [6, 6.07) is 2.02. The van der Waals surface area contributed by atoms with E-state index >= 15 is 0 Å². The zero-order chi connectivity index (χ0) is 12.4. The fourth-order valence-corrected chi connectivity index (χ4v) is 2.40. The van der Waals surface area contributed by atoms with Crippen LogP contribution in [0.5, 0.6) is 17.2 Å². The minimum atomic E-state index is 0.684. The van der Waals surface area contributed by atoms with E-state index in [1.54, 1.807) is 21.3 Å². The van der Waals surface area contributed by atoms with E-state index in [1.165, 1.54) is 11.3 Å². The van der Waals surface area contributed by atoms with E-state index in [0.29, 0.717) is 5.75 Å². The van der Waals surface area contributed by atoms with Gasteiger partial charge in [-0.25, -0.2) is 0 Å². The summed E-state index contributed by atoms with van der Waals surface area (Å²) >= 11 is 0. The summed E-state index contributed by atoms with van der Waals surface area (Å²) in [4.78, 5) is 2.23. The van der Waals surface area contributed by atoms with Crippen molar-refractivity contribution in [3.8, 4) is 17.2 Å². The largest absolute Gasteiger partial charge is 0.493 e. The zero-order valence-corrected chi connectivity index (χ0v) is 10.9. The molecule has 0 N–H and O–H groups in total. The van der Waals surface area contributed by atoms with Gasteiger partial charge in [0, 0.05) is 30.9 Å². The fourth-order valence-electron chi connectivity index (χ4n) is 2.40. The molecular weight excluding hydrogens is 218 g/mol. The lowest BCUT2D eigenvalue weighted by Crippen LogP contribution is -2.25. The lowest BCUT2D eigenvalue weighted by Gasteiger charge is -2.30. The molecule has 0 aromatic heterocycles. The van der Waals surface area contributed by atoms with E-state index < -0.39 is 0 Å². The van der Waals surface area contributed by atoms with Gasteiger partial charge < -0.3 is 19.1 Å². The van der Waals surface area contributed by atoms with Crippen LogP contribution >= 0.6 is 0 Å². The van der Waals surface area contributed by atoms with Crippen LogP contribution in [0.4, 0.5) is 5.69 Å². The zero-order valence-electron chi connectivity index (χ0n) is 10.9. The standard InChI is InChI=1S/C13H19NO3/c1-14-7-5-6-9-10(14)8-11(15-2)13(17-4)12(9)16-3/h8H,5-7H2,1-4H3. The molecule has 0 spiro atoms. The molecule has 1 aliphatic rings. The van der Waals surface area contributed by atoms with Gasteiger partial charge >= 0.3 is 0 Å². The summed E-state index contributed by atoms with van der Waals surface area (Å²) in [6.45, 7) is 1.06. The van der Waals surface area contributed by atoms with Crippen molar-refractivity contribution >= 4 is 5.69 Å². The maximum absolute atomic E-state index is 5.49. The molecule has 0 saturated heterocycles. The Hall–Kier alpha value is -1.58. The molecule has 2 rings (SSSR count).